The Kier molecular flexibility index (Phi) is 3.94. The molecule has 0 bridgehead atoms. The van der Waals surface area contributed by atoms with Gasteiger partial charge in [-0.15, -0.1) is 6.58 Å². The van der Waals surface area contributed by atoms with Crippen LogP contribution < -0.4 is 15.8 Å². The minimum absolute atomic E-state index is 0.115. The predicted molar refractivity (Wildman–Crippen MR) is 95.1 cm³/mol. The number of benzene rings is 2. The second-order valence-electron chi connectivity index (χ2n) is 5.80. The lowest BCUT2D eigenvalue weighted by molar-refractivity contribution is -0.115. The molecule has 8 nitrogen and oxygen atoms in total. The molecule has 8 heteroatoms. The molecule has 1 unspecified atom stereocenters. The highest BCUT2D eigenvalue weighted by molar-refractivity contribution is 6.01. The van der Waals surface area contributed by atoms with E-state index in [9.17, 15) is 4.79 Å². The number of rotatable bonds is 5. The summed E-state index contributed by atoms with van der Waals surface area (Å²) in [6.07, 6.45) is 1.88. The summed E-state index contributed by atoms with van der Waals surface area (Å²) in [4.78, 5) is 11.9. The second kappa shape index (κ2) is 6.41. The van der Waals surface area contributed by atoms with E-state index in [1.54, 1.807) is 12.1 Å². The SMILES string of the molecule is C=CC(N)c1ccc(Oc2nnnn2-c2ccccc2)c2c1CC(=O)N2. The number of anilines is 1. The number of nitrogens with one attached hydrogen (secondary N) is 1. The Balaban J connectivity index is 1.73. The molecular weight excluding hydrogens is 332 g/mol. The number of carbonyl (C=O) groups is 1. The first kappa shape index (κ1) is 16.0. The number of hydrogen-bond donors (Lipinski definition) is 2. The van der Waals surface area contributed by atoms with Crippen LogP contribution in [0.3, 0.4) is 0 Å². The van der Waals surface area contributed by atoms with Gasteiger partial charge in [0.15, 0.2) is 5.75 Å². The fourth-order valence-electron chi connectivity index (χ4n) is 2.91. The monoisotopic (exact) mass is 348 g/mol. The molecule has 4 rings (SSSR count). The van der Waals surface area contributed by atoms with Crippen LogP contribution >= 0.6 is 0 Å². The van der Waals surface area contributed by atoms with Crippen LogP contribution in [0.4, 0.5) is 5.69 Å². The standard InChI is InChI=1S/C18H16N6O2/c1-2-14(19)12-8-9-15(17-13(12)10-16(25)20-17)26-18-21-22-23-24(18)11-6-4-3-5-7-11/h2-9,14H,1,10,19H2,(H,20,25). The third kappa shape index (κ3) is 2.72. The number of nitrogens with two attached hydrogens (primary N) is 1. The predicted octanol–water partition coefficient (Wildman–Crippen LogP) is 2.13. The zero-order valence-electron chi connectivity index (χ0n) is 13.8. The maximum Gasteiger partial charge on any atom is 0.345 e. The quantitative estimate of drug-likeness (QED) is 0.684. The van der Waals surface area contributed by atoms with Gasteiger partial charge in [-0.3, -0.25) is 4.79 Å². The Morgan fingerprint density at radius 1 is 1.27 bits per heavy atom. The number of nitrogens with zero attached hydrogens (tertiary/aromatic N) is 4. The average molecular weight is 348 g/mol. The van der Waals surface area contributed by atoms with Crippen molar-refractivity contribution in [2.24, 2.45) is 5.73 Å². The zero-order valence-corrected chi connectivity index (χ0v) is 13.8. The highest BCUT2D eigenvalue weighted by Gasteiger charge is 2.27. The summed E-state index contributed by atoms with van der Waals surface area (Å²) < 4.78 is 7.39. The van der Waals surface area contributed by atoms with Gasteiger partial charge in [-0.1, -0.05) is 35.4 Å². The molecule has 1 atom stereocenters. The number of carbonyl (C=O) groups excluding carboxylic acids is 1. The average Bonchev–Trinajstić information content (AvgIpc) is 3.28. The maximum absolute atomic E-state index is 11.9. The van der Waals surface area contributed by atoms with E-state index in [1.165, 1.54) is 4.68 Å². The van der Waals surface area contributed by atoms with E-state index in [2.05, 4.69) is 27.4 Å². The van der Waals surface area contributed by atoms with Crippen LogP contribution in [0.5, 0.6) is 11.8 Å². The summed E-state index contributed by atoms with van der Waals surface area (Å²) in [5.41, 5.74) is 9.06. The molecule has 0 fully saturated rings. The number of fused-ring (bicyclic) bond motifs is 1. The van der Waals surface area contributed by atoms with E-state index in [0.717, 1.165) is 16.8 Å². The minimum atomic E-state index is -0.361. The fraction of sp³-hybridized carbons (Fsp3) is 0.111. The fourth-order valence-corrected chi connectivity index (χ4v) is 2.91. The molecule has 26 heavy (non-hydrogen) atoms. The van der Waals surface area contributed by atoms with Gasteiger partial charge in [-0.05, 0) is 39.8 Å². The molecule has 2 aromatic carbocycles. The summed E-state index contributed by atoms with van der Waals surface area (Å²) in [6, 6.07) is 12.8. The molecular formula is C18H16N6O2. The summed E-state index contributed by atoms with van der Waals surface area (Å²) in [5, 5.41) is 14.4. The Hall–Kier alpha value is -3.52. The Bertz CT molecular complexity index is 983. The first-order chi connectivity index (χ1) is 12.7. The number of amides is 1. The highest BCUT2D eigenvalue weighted by Crippen LogP contribution is 2.39. The summed E-state index contributed by atoms with van der Waals surface area (Å²) in [7, 11) is 0. The lowest BCUT2D eigenvalue weighted by atomic mass is 9.98. The summed E-state index contributed by atoms with van der Waals surface area (Å²) >= 11 is 0. The van der Waals surface area contributed by atoms with Crippen LogP contribution in [-0.4, -0.2) is 26.1 Å². The Morgan fingerprint density at radius 3 is 2.85 bits per heavy atom. The molecule has 0 spiro atoms. The molecule has 0 aliphatic carbocycles. The van der Waals surface area contributed by atoms with Gasteiger partial charge in [0.05, 0.1) is 17.8 Å². The van der Waals surface area contributed by atoms with Crippen molar-refractivity contribution in [3.63, 3.8) is 0 Å². The molecule has 3 N–H and O–H groups in total. The van der Waals surface area contributed by atoms with Crippen molar-refractivity contribution >= 4 is 11.6 Å². The summed E-state index contributed by atoms with van der Waals surface area (Å²) in [5.74, 6) is 0.342. The molecule has 3 aromatic rings. The molecule has 130 valence electrons. The lowest BCUT2D eigenvalue weighted by Crippen LogP contribution is -2.09. The van der Waals surface area contributed by atoms with Crippen LogP contribution in [0.15, 0.2) is 55.1 Å². The second-order valence-corrected chi connectivity index (χ2v) is 5.80. The van der Waals surface area contributed by atoms with Crippen LogP contribution in [0, 0.1) is 0 Å². The highest BCUT2D eigenvalue weighted by atomic mass is 16.5. The molecule has 0 saturated carbocycles. The number of para-hydroxylation sites is 1. The molecule has 1 aliphatic rings. The topological polar surface area (TPSA) is 108 Å². The van der Waals surface area contributed by atoms with Crippen LogP contribution in [0.2, 0.25) is 0 Å². The number of tetrazole rings is 1. The maximum atomic E-state index is 11.9. The van der Waals surface area contributed by atoms with E-state index >= 15 is 0 Å². The van der Waals surface area contributed by atoms with Gasteiger partial charge in [0, 0.05) is 6.04 Å². The molecule has 1 amide bonds. The van der Waals surface area contributed by atoms with Crippen molar-refractivity contribution in [1.82, 2.24) is 20.2 Å². The van der Waals surface area contributed by atoms with Crippen LogP contribution in [-0.2, 0) is 11.2 Å². The first-order valence-electron chi connectivity index (χ1n) is 8.03. The number of hydrogen-bond acceptors (Lipinski definition) is 6. The molecule has 1 aliphatic heterocycles. The Labute approximate surface area is 149 Å². The molecule has 0 radical (unpaired) electrons. The van der Waals surface area contributed by atoms with Crippen molar-refractivity contribution in [2.75, 3.05) is 5.32 Å². The third-order valence-electron chi connectivity index (χ3n) is 4.17. The van der Waals surface area contributed by atoms with Crippen molar-refractivity contribution < 1.29 is 9.53 Å². The largest absolute Gasteiger partial charge is 0.421 e. The Morgan fingerprint density at radius 2 is 2.08 bits per heavy atom. The molecule has 2 heterocycles. The van der Waals surface area contributed by atoms with Gasteiger partial charge in [-0.2, -0.15) is 4.68 Å². The normalized spacial score (nSPS) is 13.8. The van der Waals surface area contributed by atoms with E-state index in [0.29, 0.717) is 11.4 Å². The molecule has 0 saturated heterocycles. The third-order valence-corrected chi connectivity index (χ3v) is 4.17. The van der Waals surface area contributed by atoms with Crippen molar-refractivity contribution in [3.05, 3.63) is 66.2 Å². The minimum Gasteiger partial charge on any atom is -0.421 e. The van der Waals surface area contributed by atoms with Gasteiger partial charge in [0.2, 0.25) is 5.91 Å². The number of ether oxygens (including phenoxy) is 1. The van der Waals surface area contributed by atoms with Crippen LogP contribution in [0.1, 0.15) is 17.2 Å². The van der Waals surface area contributed by atoms with E-state index in [4.69, 9.17) is 10.5 Å². The summed E-state index contributed by atoms with van der Waals surface area (Å²) in [6.45, 7) is 3.72. The van der Waals surface area contributed by atoms with E-state index in [1.807, 2.05) is 36.4 Å². The van der Waals surface area contributed by atoms with Gasteiger partial charge >= 0.3 is 6.01 Å². The van der Waals surface area contributed by atoms with Crippen molar-refractivity contribution in [3.8, 4) is 17.4 Å². The van der Waals surface area contributed by atoms with E-state index < -0.39 is 0 Å². The number of aromatic nitrogens is 4. The van der Waals surface area contributed by atoms with Gasteiger partial charge in [0.1, 0.15) is 0 Å². The van der Waals surface area contributed by atoms with E-state index in [-0.39, 0.29) is 24.4 Å². The van der Waals surface area contributed by atoms with Crippen LogP contribution in [0.25, 0.3) is 5.69 Å². The van der Waals surface area contributed by atoms with Crippen molar-refractivity contribution in [1.29, 1.82) is 0 Å². The lowest BCUT2D eigenvalue weighted by Gasteiger charge is -2.15. The first-order valence-corrected chi connectivity index (χ1v) is 8.03. The van der Waals surface area contributed by atoms with Gasteiger partial charge in [0.25, 0.3) is 0 Å². The van der Waals surface area contributed by atoms with Crippen molar-refractivity contribution in [2.45, 2.75) is 12.5 Å². The van der Waals surface area contributed by atoms with Gasteiger partial charge in [-0.25, -0.2) is 0 Å². The smallest absolute Gasteiger partial charge is 0.345 e. The van der Waals surface area contributed by atoms with Gasteiger partial charge < -0.3 is 15.8 Å². The zero-order chi connectivity index (χ0) is 18.1. The molecule has 1 aromatic heterocycles.